The SMILES string of the molecule is Nc1ccccc1CN(C(=O)CCOCC(F)F)C1CC1. The molecule has 2 N–H and O–H groups in total. The zero-order valence-electron chi connectivity index (χ0n) is 11.8. The minimum Gasteiger partial charge on any atom is -0.398 e. The van der Waals surface area contributed by atoms with Crippen molar-refractivity contribution in [3.63, 3.8) is 0 Å². The Morgan fingerprint density at radius 2 is 2.10 bits per heavy atom. The molecule has 0 aromatic heterocycles. The average molecular weight is 298 g/mol. The van der Waals surface area contributed by atoms with E-state index in [4.69, 9.17) is 10.5 Å². The summed E-state index contributed by atoms with van der Waals surface area (Å²) in [6.07, 6.45) is -0.411. The fourth-order valence-corrected chi connectivity index (χ4v) is 2.14. The third kappa shape index (κ3) is 4.97. The molecule has 1 aromatic rings. The molecule has 2 rings (SSSR count). The van der Waals surface area contributed by atoms with Gasteiger partial charge in [-0.3, -0.25) is 4.79 Å². The fourth-order valence-electron chi connectivity index (χ4n) is 2.14. The van der Waals surface area contributed by atoms with Crippen LogP contribution in [0.25, 0.3) is 0 Å². The van der Waals surface area contributed by atoms with Crippen LogP contribution in [0.1, 0.15) is 24.8 Å². The number of carbonyl (C=O) groups excluding carboxylic acids is 1. The van der Waals surface area contributed by atoms with E-state index in [1.165, 1.54) is 0 Å². The third-order valence-corrected chi connectivity index (χ3v) is 3.41. The van der Waals surface area contributed by atoms with E-state index >= 15 is 0 Å². The maximum Gasteiger partial charge on any atom is 0.261 e. The van der Waals surface area contributed by atoms with Crippen molar-refractivity contribution < 1.29 is 18.3 Å². The van der Waals surface area contributed by atoms with Crippen LogP contribution in [0.5, 0.6) is 0 Å². The molecule has 1 saturated carbocycles. The Hall–Kier alpha value is -1.69. The lowest BCUT2D eigenvalue weighted by Crippen LogP contribution is -2.33. The Bertz CT molecular complexity index is 478. The van der Waals surface area contributed by atoms with Gasteiger partial charge in [-0.1, -0.05) is 18.2 Å². The number of ether oxygens (including phenoxy) is 1. The summed E-state index contributed by atoms with van der Waals surface area (Å²) in [6, 6.07) is 7.67. The molecule has 1 aliphatic rings. The summed E-state index contributed by atoms with van der Waals surface area (Å²) in [5, 5.41) is 0. The number of hydrogen-bond donors (Lipinski definition) is 1. The van der Waals surface area contributed by atoms with Gasteiger partial charge in [0, 0.05) is 18.3 Å². The molecule has 1 amide bonds. The number of halogens is 2. The van der Waals surface area contributed by atoms with Gasteiger partial charge in [-0.2, -0.15) is 0 Å². The van der Waals surface area contributed by atoms with Crippen molar-refractivity contribution in [2.45, 2.75) is 38.3 Å². The van der Waals surface area contributed by atoms with Crippen molar-refractivity contribution in [1.82, 2.24) is 4.90 Å². The van der Waals surface area contributed by atoms with Crippen LogP contribution >= 0.6 is 0 Å². The first-order chi connectivity index (χ1) is 10.1. The van der Waals surface area contributed by atoms with E-state index in [1.54, 1.807) is 11.0 Å². The molecule has 0 heterocycles. The van der Waals surface area contributed by atoms with E-state index in [0.29, 0.717) is 12.2 Å². The number of alkyl halides is 2. The topological polar surface area (TPSA) is 55.6 Å². The molecule has 0 saturated heterocycles. The highest BCUT2D eigenvalue weighted by Crippen LogP contribution is 2.29. The minimum atomic E-state index is -2.50. The van der Waals surface area contributed by atoms with Crippen molar-refractivity contribution >= 4 is 11.6 Å². The second-order valence-corrected chi connectivity index (χ2v) is 5.17. The molecule has 1 aliphatic carbocycles. The van der Waals surface area contributed by atoms with E-state index in [1.807, 2.05) is 18.2 Å². The van der Waals surface area contributed by atoms with Crippen molar-refractivity contribution in [1.29, 1.82) is 0 Å². The number of anilines is 1. The Morgan fingerprint density at radius 1 is 1.38 bits per heavy atom. The summed E-state index contributed by atoms with van der Waals surface area (Å²) in [4.78, 5) is 14.0. The van der Waals surface area contributed by atoms with E-state index in [9.17, 15) is 13.6 Å². The maximum absolute atomic E-state index is 12.2. The van der Waals surface area contributed by atoms with Gasteiger partial charge < -0.3 is 15.4 Å². The number of para-hydroxylation sites is 1. The monoisotopic (exact) mass is 298 g/mol. The van der Waals surface area contributed by atoms with Crippen LogP contribution in [0, 0.1) is 0 Å². The van der Waals surface area contributed by atoms with Crippen LogP contribution in [0.2, 0.25) is 0 Å². The lowest BCUT2D eigenvalue weighted by Gasteiger charge is -2.23. The van der Waals surface area contributed by atoms with Gasteiger partial charge in [0.2, 0.25) is 5.91 Å². The summed E-state index contributed by atoms with van der Waals surface area (Å²) in [5.74, 6) is -0.0741. The largest absolute Gasteiger partial charge is 0.398 e. The summed E-state index contributed by atoms with van der Waals surface area (Å²) in [7, 11) is 0. The van der Waals surface area contributed by atoms with E-state index < -0.39 is 13.0 Å². The second-order valence-electron chi connectivity index (χ2n) is 5.17. The molecule has 21 heavy (non-hydrogen) atoms. The molecule has 0 aliphatic heterocycles. The summed E-state index contributed by atoms with van der Waals surface area (Å²) in [5.41, 5.74) is 7.46. The molecule has 0 radical (unpaired) electrons. The first-order valence-electron chi connectivity index (χ1n) is 7.06. The molecule has 116 valence electrons. The number of nitrogens with zero attached hydrogens (tertiary/aromatic N) is 1. The number of hydrogen-bond acceptors (Lipinski definition) is 3. The maximum atomic E-state index is 12.2. The smallest absolute Gasteiger partial charge is 0.261 e. The van der Waals surface area contributed by atoms with Crippen LogP contribution in [-0.4, -0.2) is 36.5 Å². The molecule has 6 heteroatoms. The molecule has 0 unspecified atom stereocenters. The first-order valence-corrected chi connectivity index (χ1v) is 7.06. The van der Waals surface area contributed by atoms with Gasteiger partial charge in [-0.25, -0.2) is 8.78 Å². The Morgan fingerprint density at radius 3 is 2.71 bits per heavy atom. The van der Waals surface area contributed by atoms with Gasteiger partial charge in [-0.05, 0) is 24.5 Å². The molecule has 1 fully saturated rings. The normalized spacial score (nSPS) is 14.4. The second kappa shape index (κ2) is 7.36. The van der Waals surface area contributed by atoms with Gasteiger partial charge in [0.1, 0.15) is 6.61 Å². The molecular formula is C15H20F2N2O2. The Labute approximate surface area is 122 Å². The zero-order valence-corrected chi connectivity index (χ0v) is 11.8. The van der Waals surface area contributed by atoms with E-state index in [2.05, 4.69) is 0 Å². The van der Waals surface area contributed by atoms with E-state index in [0.717, 1.165) is 18.4 Å². The van der Waals surface area contributed by atoms with Crippen LogP contribution < -0.4 is 5.73 Å². The van der Waals surface area contributed by atoms with Crippen molar-refractivity contribution in [2.24, 2.45) is 0 Å². The lowest BCUT2D eigenvalue weighted by molar-refractivity contribution is -0.134. The predicted molar refractivity (Wildman–Crippen MR) is 75.9 cm³/mol. The highest BCUT2D eigenvalue weighted by atomic mass is 19.3. The minimum absolute atomic E-state index is 0.0245. The quantitative estimate of drug-likeness (QED) is 0.592. The third-order valence-electron chi connectivity index (χ3n) is 3.41. The first kappa shape index (κ1) is 15.7. The van der Waals surface area contributed by atoms with Crippen LogP contribution in [0.15, 0.2) is 24.3 Å². The highest BCUT2D eigenvalue weighted by Gasteiger charge is 2.32. The van der Waals surface area contributed by atoms with E-state index in [-0.39, 0.29) is 25.0 Å². The zero-order chi connectivity index (χ0) is 15.2. The van der Waals surface area contributed by atoms with Crippen molar-refractivity contribution in [2.75, 3.05) is 18.9 Å². The van der Waals surface area contributed by atoms with Crippen LogP contribution in [-0.2, 0) is 16.1 Å². The summed E-state index contributed by atoms with van der Waals surface area (Å²) >= 11 is 0. The molecule has 0 bridgehead atoms. The lowest BCUT2D eigenvalue weighted by atomic mass is 10.1. The molecular weight excluding hydrogens is 278 g/mol. The number of rotatable bonds is 8. The van der Waals surface area contributed by atoms with Gasteiger partial charge in [0.05, 0.1) is 13.0 Å². The number of amides is 1. The molecule has 0 atom stereocenters. The number of nitrogens with two attached hydrogens (primary N) is 1. The van der Waals surface area contributed by atoms with Crippen molar-refractivity contribution in [3.8, 4) is 0 Å². The Balaban J connectivity index is 1.87. The summed E-state index contributed by atoms with van der Waals surface area (Å²) in [6.45, 7) is -0.135. The van der Waals surface area contributed by atoms with Crippen LogP contribution in [0.4, 0.5) is 14.5 Å². The summed E-state index contributed by atoms with van der Waals surface area (Å²) < 4.78 is 28.7. The Kier molecular flexibility index (Phi) is 5.50. The number of nitrogen functional groups attached to an aromatic ring is 1. The average Bonchev–Trinajstić information content (AvgIpc) is 3.27. The number of benzene rings is 1. The van der Waals surface area contributed by atoms with Crippen molar-refractivity contribution in [3.05, 3.63) is 29.8 Å². The molecule has 4 nitrogen and oxygen atoms in total. The van der Waals surface area contributed by atoms with Gasteiger partial charge >= 0.3 is 0 Å². The predicted octanol–water partition coefficient (Wildman–Crippen LogP) is 2.43. The molecule has 0 spiro atoms. The molecule has 1 aromatic carbocycles. The van der Waals surface area contributed by atoms with Crippen LogP contribution in [0.3, 0.4) is 0 Å². The van der Waals surface area contributed by atoms with Gasteiger partial charge in [-0.15, -0.1) is 0 Å². The van der Waals surface area contributed by atoms with Gasteiger partial charge in [0.25, 0.3) is 6.43 Å². The van der Waals surface area contributed by atoms with Gasteiger partial charge in [0.15, 0.2) is 0 Å². The highest BCUT2D eigenvalue weighted by molar-refractivity contribution is 5.77. The number of carbonyl (C=O) groups is 1. The standard InChI is InChI=1S/C15H20F2N2O2/c16-14(17)10-21-8-7-15(20)19(12-5-6-12)9-11-3-1-2-4-13(11)18/h1-4,12,14H,5-10,18H2. The fraction of sp³-hybridized carbons (Fsp3) is 0.533.